The molecule has 104 valence electrons. The van der Waals surface area contributed by atoms with Crippen molar-refractivity contribution < 1.29 is 0 Å². The second-order valence-electron chi connectivity index (χ2n) is 5.99. The van der Waals surface area contributed by atoms with Gasteiger partial charge in [0.1, 0.15) is 5.82 Å². The Kier molecular flexibility index (Phi) is 3.69. The van der Waals surface area contributed by atoms with E-state index in [1.807, 2.05) is 13.1 Å². The smallest absolute Gasteiger partial charge is 0.147 e. The van der Waals surface area contributed by atoms with Crippen molar-refractivity contribution in [1.29, 1.82) is 0 Å². The quantitative estimate of drug-likeness (QED) is 0.899. The van der Waals surface area contributed by atoms with Gasteiger partial charge in [-0.05, 0) is 58.5 Å². The molecule has 1 N–H and O–H groups in total. The van der Waals surface area contributed by atoms with Gasteiger partial charge in [0.2, 0.25) is 0 Å². The molecule has 0 spiro atoms. The molecule has 1 saturated carbocycles. The lowest BCUT2D eigenvalue weighted by Crippen LogP contribution is -2.39. The van der Waals surface area contributed by atoms with E-state index in [0.717, 1.165) is 36.2 Å². The molecule has 3 rings (SSSR count). The number of rotatable bonds is 4. The molecular weight excluding hydrogens is 236 g/mol. The fourth-order valence-corrected chi connectivity index (χ4v) is 2.84. The van der Waals surface area contributed by atoms with Gasteiger partial charge in [0.25, 0.3) is 0 Å². The summed E-state index contributed by atoms with van der Waals surface area (Å²) in [5, 5.41) is 3.51. The van der Waals surface area contributed by atoms with Gasteiger partial charge in [-0.15, -0.1) is 0 Å². The highest BCUT2D eigenvalue weighted by Crippen LogP contribution is 2.32. The van der Waals surface area contributed by atoms with Gasteiger partial charge in [-0.3, -0.25) is 4.98 Å². The van der Waals surface area contributed by atoms with Crippen LogP contribution in [0.4, 0.5) is 5.82 Å². The van der Waals surface area contributed by atoms with Crippen LogP contribution < -0.4 is 10.2 Å². The monoisotopic (exact) mass is 260 g/mol. The molecule has 1 saturated heterocycles. The third kappa shape index (κ3) is 3.06. The van der Waals surface area contributed by atoms with E-state index in [9.17, 15) is 0 Å². The minimum Gasteiger partial charge on any atom is -0.352 e. The van der Waals surface area contributed by atoms with Crippen molar-refractivity contribution >= 4 is 5.82 Å². The van der Waals surface area contributed by atoms with E-state index in [1.54, 1.807) is 0 Å². The predicted octanol–water partition coefficient (Wildman–Crippen LogP) is 2.06. The van der Waals surface area contributed by atoms with Gasteiger partial charge in [-0.1, -0.05) is 0 Å². The van der Waals surface area contributed by atoms with Gasteiger partial charge in [0, 0.05) is 12.6 Å². The molecule has 2 heterocycles. The molecule has 1 unspecified atom stereocenters. The van der Waals surface area contributed by atoms with Gasteiger partial charge < -0.3 is 10.2 Å². The molecule has 0 amide bonds. The predicted molar refractivity (Wildman–Crippen MR) is 77.5 cm³/mol. The van der Waals surface area contributed by atoms with Gasteiger partial charge in [0.05, 0.1) is 17.6 Å². The van der Waals surface area contributed by atoms with Crippen LogP contribution in [0.25, 0.3) is 0 Å². The largest absolute Gasteiger partial charge is 0.352 e. The van der Waals surface area contributed by atoms with Crippen molar-refractivity contribution in [2.45, 2.75) is 45.6 Å². The first-order valence-corrected chi connectivity index (χ1v) is 7.51. The van der Waals surface area contributed by atoms with Crippen LogP contribution in [0.3, 0.4) is 0 Å². The van der Waals surface area contributed by atoms with Crippen LogP contribution in [-0.2, 0) is 0 Å². The van der Waals surface area contributed by atoms with Crippen LogP contribution >= 0.6 is 0 Å². The Morgan fingerprint density at radius 3 is 2.74 bits per heavy atom. The minimum absolute atomic E-state index is 0.707. The third-order valence-corrected chi connectivity index (χ3v) is 4.32. The van der Waals surface area contributed by atoms with Crippen LogP contribution in [0.1, 0.15) is 37.1 Å². The molecule has 0 aromatic carbocycles. The highest BCUT2D eigenvalue weighted by atomic mass is 15.2. The molecule has 1 atom stereocenters. The van der Waals surface area contributed by atoms with E-state index >= 15 is 0 Å². The molecule has 1 aliphatic heterocycles. The van der Waals surface area contributed by atoms with Crippen LogP contribution in [0.15, 0.2) is 6.20 Å². The lowest BCUT2D eigenvalue weighted by molar-refractivity contribution is 0.375. The zero-order chi connectivity index (χ0) is 13.2. The van der Waals surface area contributed by atoms with Crippen LogP contribution in [0.5, 0.6) is 0 Å². The summed E-state index contributed by atoms with van der Waals surface area (Å²) in [7, 11) is 0. The van der Waals surface area contributed by atoms with Gasteiger partial charge in [-0.25, -0.2) is 4.98 Å². The Hall–Kier alpha value is -1.16. The zero-order valence-electron chi connectivity index (χ0n) is 12.0. The number of aromatic nitrogens is 2. The summed E-state index contributed by atoms with van der Waals surface area (Å²) in [6.45, 7) is 7.55. The number of aryl methyl sites for hydroxylation is 2. The number of nitrogens with zero attached hydrogens (tertiary/aromatic N) is 3. The molecule has 4 nitrogen and oxygen atoms in total. The summed E-state index contributed by atoms with van der Waals surface area (Å²) in [5.74, 6) is 1.84. The first-order valence-electron chi connectivity index (χ1n) is 7.51. The average Bonchev–Trinajstić information content (AvgIpc) is 3.25. The highest BCUT2D eigenvalue weighted by molar-refractivity contribution is 5.40. The van der Waals surface area contributed by atoms with E-state index in [2.05, 4.69) is 22.1 Å². The Balaban J connectivity index is 1.74. The summed E-state index contributed by atoms with van der Waals surface area (Å²) < 4.78 is 0. The summed E-state index contributed by atoms with van der Waals surface area (Å²) in [4.78, 5) is 11.7. The lowest BCUT2D eigenvalue weighted by atomic mass is 9.99. The lowest BCUT2D eigenvalue weighted by Gasteiger charge is -2.31. The Labute approximate surface area is 115 Å². The molecule has 1 aromatic rings. The molecule has 19 heavy (non-hydrogen) atoms. The Morgan fingerprint density at radius 2 is 2.11 bits per heavy atom. The SMILES string of the molecule is Cc1ncc(N(CC2CCCNC2)C2CC2)nc1C. The van der Waals surface area contributed by atoms with E-state index in [0.29, 0.717) is 6.04 Å². The van der Waals surface area contributed by atoms with Crippen molar-refractivity contribution in [2.24, 2.45) is 5.92 Å². The fourth-order valence-electron chi connectivity index (χ4n) is 2.84. The second kappa shape index (κ2) is 5.45. The summed E-state index contributed by atoms with van der Waals surface area (Å²) in [5.41, 5.74) is 2.10. The molecule has 2 aliphatic rings. The molecule has 0 bridgehead atoms. The van der Waals surface area contributed by atoms with Crippen molar-refractivity contribution in [3.8, 4) is 0 Å². The average molecular weight is 260 g/mol. The number of hydrogen-bond acceptors (Lipinski definition) is 4. The van der Waals surface area contributed by atoms with Crippen LogP contribution in [-0.4, -0.2) is 35.6 Å². The maximum Gasteiger partial charge on any atom is 0.147 e. The number of hydrogen-bond donors (Lipinski definition) is 1. The summed E-state index contributed by atoms with van der Waals surface area (Å²) in [6, 6.07) is 0.707. The molecule has 2 fully saturated rings. The van der Waals surface area contributed by atoms with Gasteiger partial charge in [-0.2, -0.15) is 0 Å². The fraction of sp³-hybridized carbons (Fsp3) is 0.733. The van der Waals surface area contributed by atoms with Crippen molar-refractivity contribution in [3.63, 3.8) is 0 Å². The van der Waals surface area contributed by atoms with Gasteiger partial charge >= 0.3 is 0 Å². The normalized spacial score (nSPS) is 23.4. The van der Waals surface area contributed by atoms with E-state index < -0.39 is 0 Å². The minimum atomic E-state index is 0.707. The summed E-state index contributed by atoms with van der Waals surface area (Å²) >= 11 is 0. The van der Waals surface area contributed by atoms with E-state index in [1.165, 1.54) is 32.2 Å². The number of piperidine rings is 1. The first kappa shape index (κ1) is 12.9. The molecule has 1 aliphatic carbocycles. The first-order chi connectivity index (χ1) is 9.24. The molecular formula is C15H24N4. The Morgan fingerprint density at radius 1 is 1.26 bits per heavy atom. The van der Waals surface area contributed by atoms with Crippen molar-refractivity contribution in [3.05, 3.63) is 17.6 Å². The highest BCUT2D eigenvalue weighted by Gasteiger charge is 2.32. The van der Waals surface area contributed by atoms with Gasteiger partial charge in [0.15, 0.2) is 0 Å². The van der Waals surface area contributed by atoms with E-state index in [4.69, 9.17) is 4.98 Å². The zero-order valence-corrected chi connectivity index (χ0v) is 12.0. The second-order valence-corrected chi connectivity index (χ2v) is 5.99. The van der Waals surface area contributed by atoms with Crippen LogP contribution in [0.2, 0.25) is 0 Å². The van der Waals surface area contributed by atoms with Crippen LogP contribution in [0, 0.1) is 19.8 Å². The molecule has 1 aromatic heterocycles. The standard InChI is InChI=1S/C15H24N4/c1-11-12(2)18-15(9-17-11)19(14-5-6-14)10-13-4-3-7-16-8-13/h9,13-14,16H,3-8,10H2,1-2H3. The summed E-state index contributed by atoms with van der Waals surface area (Å²) in [6.07, 6.45) is 7.23. The topological polar surface area (TPSA) is 41.1 Å². The molecule has 4 heteroatoms. The number of nitrogens with one attached hydrogen (secondary N) is 1. The van der Waals surface area contributed by atoms with Crippen molar-refractivity contribution in [1.82, 2.24) is 15.3 Å². The maximum atomic E-state index is 4.74. The third-order valence-electron chi connectivity index (χ3n) is 4.32. The van der Waals surface area contributed by atoms with E-state index in [-0.39, 0.29) is 0 Å². The maximum absolute atomic E-state index is 4.74. The molecule has 0 radical (unpaired) electrons. The Bertz CT molecular complexity index is 436. The number of anilines is 1. The van der Waals surface area contributed by atoms with Crippen molar-refractivity contribution in [2.75, 3.05) is 24.5 Å².